The van der Waals surface area contributed by atoms with Crippen molar-refractivity contribution in [1.82, 2.24) is 14.9 Å². The van der Waals surface area contributed by atoms with Crippen LogP contribution in [0.25, 0.3) is 0 Å². The van der Waals surface area contributed by atoms with Gasteiger partial charge in [-0.3, -0.25) is 4.79 Å². The van der Waals surface area contributed by atoms with Crippen LogP contribution in [-0.2, 0) is 0 Å². The topological polar surface area (TPSA) is 58.1 Å². The van der Waals surface area contributed by atoms with Crippen molar-refractivity contribution in [2.75, 3.05) is 18.4 Å². The van der Waals surface area contributed by atoms with Crippen LogP contribution in [0.15, 0.2) is 35.1 Å². The third-order valence-electron chi connectivity index (χ3n) is 3.90. The van der Waals surface area contributed by atoms with Crippen LogP contribution in [0.4, 0.5) is 11.5 Å². The number of anilines is 2. The van der Waals surface area contributed by atoms with Crippen molar-refractivity contribution in [1.29, 1.82) is 0 Å². The average Bonchev–Trinajstić information content (AvgIpc) is 2.58. The summed E-state index contributed by atoms with van der Waals surface area (Å²) in [5.41, 5.74) is 2.50. The summed E-state index contributed by atoms with van der Waals surface area (Å²) in [4.78, 5) is 22.8. The molecule has 120 valence electrons. The Morgan fingerprint density at radius 2 is 1.96 bits per heavy atom. The molecule has 0 aliphatic carbocycles. The molecule has 1 aromatic carbocycles. The molecular weight excluding hydrogens is 356 g/mol. The van der Waals surface area contributed by atoms with E-state index in [0.717, 1.165) is 36.1 Å². The number of amides is 1. The number of hydrogen-bond acceptors (Lipinski definition) is 4. The van der Waals surface area contributed by atoms with Crippen molar-refractivity contribution < 1.29 is 4.79 Å². The first-order chi connectivity index (χ1) is 11.1. The van der Waals surface area contributed by atoms with Gasteiger partial charge in [0.05, 0.1) is 18.1 Å². The van der Waals surface area contributed by atoms with Crippen LogP contribution < -0.4 is 5.32 Å². The Kier molecular flexibility index (Phi) is 4.91. The molecule has 1 aliphatic rings. The van der Waals surface area contributed by atoms with Gasteiger partial charge in [0.1, 0.15) is 11.5 Å². The zero-order valence-electron chi connectivity index (χ0n) is 13.1. The zero-order chi connectivity index (χ0) is 16.2. The molecule has 0 unspecified atom stereocenters. The summed E-state index contributed by atoms with van der Waals surface area (Å²) in [6, 6.07) is 6.03. The first-order valence-corrected chi connectivity index (χ1v) is 8.57. The lowest BCUT2D eigenvalue weighted by Crippen LogP contribution is -2.36. The normalized spacial score (nSPS) is 14.6. The molecule has 2 heterocycles. The Balaban J connectivity index is 1.70. The number of aryl methyl sites for hydroxylation is 1. The van der Waals surface area contributed by atoms with Crippen LogP contribution in [0.3, 0.4) is 0 Å². The predicted molar refractivity (Wildman–Crippen MR) is 93.9 cm³/mol. The van der Waals surface area contributed by atoms with Crippen LogP contribution in [0.1, 0.15) is 35.3 Å². The van der Waals surface area contributed by atoms with Gasteiger partial charge in [0.2, 0.25) is 0 Å². The second-order valence-corrected chi connectivity index (χ2v) is 6.60. The number of nitrogens with zero attached hydrogens (tertiary/aromatic N) is 3. The van der Waals surface area contributed by atoms with E-state index in [1.165, 1.54) is 12.0 Å². The number of carbonyl (C=O) groups excluding carboxylic acids is 1. The average molecular weight is 375 g/mol. The molecule has 1 fully saturated rings. The van der Waals surface area contributed by atoms with Crippen LogP contribution in [0, 0.1) is 6.92 Å². The standard InChI is InChI=1S/C17H19BrN4O/c1-12-5-6-14(13(18)9-12)21-16-11-19-15(10-20-16)17(23)22-7-3-2-4-8-22/h5-6,9-11H,2-4,7-8H2,1H3,(H,20,21). The van der Waals surface area contributed by atoms with Gasteiger partial charge in [-0.1, -0.05) is 6.07 Å². The van der Waals surface area contributed by atoms with Gasteiger partial charge >= 0.3 is 0 Å². The van der Waals surface area contributed by atoms with Crippen LogP contribution >= 0.6 is 15.9 Å². The molecule has 1 N–H and O–H groups in total. The van der Waals surface area contributed by atoms with Crippen molar-refractivity contribution >= 4 is 33.3 Å². The summed E-state index contributed by atoms with van der Waals surface area (Å²) in [6.07, 6.45) is 6.48. The van der Waals surface area contributed by atoms with Gasteiger partial charge in [-0.05, 0) is 59.8 Å². The maximum atomic E-state index is 12.4. The molecule has 1 saturated heterocycles. The summed E-state index contributed by atoms with van der Waals surface area (Å²) in [5.74, 6) is 0.588. The zero-order valence-corrected chi connectivity index (χ0v) is 14.6. The highest BCUT2D eigenvalue weighted by Crippen LogP contribution is 2.25. The lowest BCUT2D eigenvalue weighted by atomic mass is 10.1. The fraction of sp³-hybridized carbons (Fsp3) is 0.353. The Labute approximate surface area is 144 Å². The van der Waals surface area contributed by atoms with Gasteiger partial charge in [-0.15, -0.1) is 0 Å². The van der Waals surface area contributed by atoms with E-state index in [-0.39, 0.29) is 5.91 Å². The van der Waals surface area contributed by atoms with Gasteiger partial charge in [0.25, 0.3) is 5.91 Å². The van der Waals surface area contributed by atoms with Crippen LogP contribution in [0.5, 0.6) is 0 Å². The third kappa shape index (κ3) is 3.88. The minimum Gasteiger partial charge on any atom is -0.338 e. The Morgan fingerprint density at radius 1 is 1.17 bits per heavy atom. The van der Waals surface area contributed by atoms with E-state index in [9.17, 15) is 4.79 Å². The number of carbonyl (C=O) groups is 1. The van der Waals surface area contributed by atoms with Crippen molar-refractivity contribution in [3.8, 4) is 0 Å². The number of piperidine rings is 1. The lowest BCUT2D eigenvalue weighted by molar-refractivity contribution is 0.0718. The molecule has 1 aromatic heterocycles. The summed E-state index contributed by atoms with van der Waals surface area (Å²) in [6.45, 7) is 3.67. The van der Waals surface area contributed by atoms with Gasteiger partial charge < -0.3 is 10.2 Å². The number of hydrogen-bond donors (Lipinski definition) is 1. The second kappa shape index (κ2) is 7.08. The maximum Gasteiger partial charge on any atom is 0.274 e. The fourth-order valence-electron chi connectivity index (χ4n) is 2.62. The Hall–Kier alpha value is -1.95. The second-order valence-electron chi connectivity index (χ2n) is 5.75. The first kappa shape index (κ1) is 15.9. The van der Waals surface area contributed by atoms with E-state index in [1.54, 1.807) is 12.4 Å². The number of likely N-dealkylation sites (tertiary alicyclic amines) is 1. The molecule has 1 amide bonds. The number of aromatic nitrogens is 2. The highest BCUT2D eigenvalue weighted by molar-refractivity contribution is 9.10. The molecule has 0 saturated carbocycles. The fourth-order valence-corrected chi connectivity index (χ4v) is 3.21. The van der Waals surface area contributed by atoms with E-state index < -0.39 is 0 Å². The van der Waals surface area contributed by atoms with Crippen molar-refractivity contribution in [3.05, 3.63) is 46.3 Å². The SMILES string of the molecule is Cc1ccc(Nc2cnc(C(=O)N3CCCCC3)cn2)c(Br)c1. The van der Waals surface area contributed by atoms with Gasteiger partial charge in [0.15, 0.2) is 0 Å². The van der Waals surface area contributed by atoms with Gasteiger partial charge in [-0.2, -0.15) is 0 Å². The summed E-state index contributed by atoms with van der Waals surface area (Å²) >= 11 is 3.52. The number of halogens is 1. The van der Waals surface area contributed by atoms with Gasteiger partial charge in [-0.25, -0.2) is 9.97 Å². The van der Waals surface area contributed by atoms with E-state index in [4.69, 9.17) is 0 Å². The smallest absolute Gasteiger partial charge is 0.274 e. The van der Waals surface area contributed by atoms with Crippen LogP contribution in [-0.4, -0.2) is 33.9 Å². The molecule has 3 rings (SSSR count). The van der Waals surface area contributed by atoms with E-state index in [1.807, 2.05) is 30.0 Å². The van der Waals surface area contributed by atoms with Gasteiger partial charge in [0, 0.05) is 17.6 Å². The van der Waals surface area contributed by atoms with E-state index >= 15 is 0 Å². The van der Waals surface area contributed by atoms with Crippen molar-refractivity contribution in [2.24, 2.45) is 0 Å². The molecule has 5 nitrogen and oxygen atoms in total. The number of rotatable bonds is 3. The third-order valence-corrected chi connectivity index (χ3v) is 4.56. The monoisotopic (exact) mass is 374 g/mol. The lowest BCUT2D eigenvalue weighted by Gasteiger charge is -2.26. The highest BCUT2D eigenvalue weighted by atomic mass is 79.9. The molecule has 0 radical (unpaired) electrons. The Bertz CT molecular complexity index is 696. The van der Waals surface area contributed by atoms with E-state index in [2.05, 4.69) is 31.2 Å². The van der Waals surface area contributed by atoms with Crippen LogP contribution in [0.2, 0.25) is 0 Å². The molecule has 23 heavy (non-hydrogen) atoms. The molecular formula is C17H19BrN4O. The molecule has 0 spiro atoms. The molecule has 2 aromatic rings. The summed E-state index contributed by atoms with van der Waals surface area (Å²) in [5, 5.41) is 3.20. The van der Waals surface area contributed by atoms with Crippen molar-refractivity contribution in [3.63, 3.8) is 0 Å². The first-order valence-electron chi connectivity index (χ1n) is 7.78. The quantitative estimate of drug-likeness (QED) is 0.884. The highest BCUT2D eigenvalue weighted by Gasteiger charge is 2.19. The molecule has 1 aliphatic heterocycles. The number of benzene rings is 1. The summed E-state index contributed by atoms with van der Waals surface area (Å²) in [7, 11) is 0. The molecule has 6 heteroatoms. The van der Waals surface area contributed by atoms with Crippen molar-refractivity contribution in [2.45, 2.75) is 26.2 Å². The maximum absolute atomic E-state index is 12.4. The molecule has 0 bridgehead atoms. The Morgan fingerprint density at radius 3 is 2.61 bits per heavy atom. The predicted octanol–water partition coefficient (Wildman–Crippen LogP) is 3.92. The minimum atomic E-state index is -0.0275. The minimum absolute atomic E-state index is 0.0275. The largest absolute Gasteiger partial charge is 0.338 e. The summed E-state index contributed by atoms with van der Waals surface area (Å²) < 4.78 is 0.966. The molecule has 0 atom stereocenters. The van der Waals surface area contributed by atoms with E-state index in [0.29, 0.717) is 11.5 Å². The number of nitrogens with one attached hydrogen (secondary N) is 1.